The van der Waals surface area contributed by atoms with Gasteiger partial charge >= 0.3 is 0 Å². The molecule has 0 radical (unpaired) electrons. The van der Waals surface area contributed by atoms with Gasteiger partial charge in [-0.05, 0) is 29.7 Å². The van der Waals surface area contributed by atoms with Gasteiger partial charge < -0.3 is 4.90 Å². The number of carbonyl (C=O) groups excluding carboxylic acids is 2. The molecule has 0 aliphatic carbocycles. The third kappa shape index (κ3) is 3.74. The van der Waals surface area contributed by atoms with Gasteiger partial charge in [-0.25, -0.2) is 0 Å². The average Bonchev–Trinajstić information content (AvgIpc) is 3.16. The Kier molecular flexibility index (Phi) is 5.06. The van der Waals surface area contributed by atoms with E-state index in [0.717, 1.165) is 34.7 Å². The first kappa shape index (κ1) is 18.2. The zero-order valence-electron chi connectivity index (χ0n) is 15.9. The zero-order valence-corrected chi connectivity index (χ0v) is 15.9. The van der Waals surface area contributed by atoms with Gasteiger partial charge in [0.1, 0.15) is 0 Å². The van der Waals surface area contributed by atoms with E-state index in [2.05, 4.69) is 5.10 Å². The Bertz CT molecular complexity index is 1050. The Morgan fingerprint density at radius 3 is 2.79 bits per heavy atom. The molecule has 0 bridgehead atoms. The molecule has 3 aromatic rings. The number of nitrogens with zero attached hydrogens (tertiary/aromatic N) is 3. The van der Waals surface area contributed by atoms with Crippen LogP contribution in [0.15, 0.2) is 60.9 Å². The molecular formula is C23H23N3O2. The fraction of sp³-hybridized carbons (Fsp3) is 0.261. The summed E-state index contributed by atoms with van der Waals surface area (Å²) in [6.07, 6.45) is 8.57. The lowest BCUT2D eigenvalue weighted by Gasteiger charge is -2.31. The van der Waals surface area contributed by atoms with Crippen molar-refractivity contribution in [3.05, 3.63) is 72.1 Å². The molecule has 1 aliphatic heterocycles. The van der Waals surface area contributed by atoms with E-state index in [4.69, 9.17) is 0 Å². The highest BCUT2D eigenvalue weighted by atomic mass is 16.2. The number of fused-ring (bicyclic) bond motifs is 1. The summed E-state index contributed by atoms with van der Waals surface area (Å²) in [7, 11) is 1.84. The van der Waals surface area contributed by atoms with Crippen LogP contribution >= 0.6 is 0 Å². The lowest BCUT2D eigenvalue weighted by Crippen LogP contribution is -2.41. The number of Topliss-reactive ketones (excluding diaryl/α,β-unsaturated/α-hetero) is 1. The van der Waals surface area contributed by atoms with E-state index in [9.17, 15) is 9.59 Å². The number of benzene rings is 2. The third-order valence-electron chi connectivity index (χ3n) is 5.30. The summed E-state index contributed by atoms with van der Waals surface area (Å²) in [5.74, 6) is -0.0832. The Hall–Kier alpha value is -3.21. The van der Waals surface area contributed by atoms with Crippen LogP contribution in [0.4, 0.5) is 0 Å². The van der Waals surface area contributed by atoms with Crippen molar-refractivity contribution in [2.75, 3.05) is 13.1 Å². The fourth-order valence-corrected chi connectivity index (χ4v) is 3.85. The van der Waals surface area contributed by atoms with Crippen molar-refractivity contribution in [1.82, 2.24) is 14.7 Å². The van der Waals surface area contributed by atoms with Gasteiger partial charge in [-0.3, -0.25) is 14.3 Å². The van der Waals surface area contributed by atoms with Crippen LogP contribution in [0.1, 0.15) is 28.8 Å². The van der Waals surface area contributed by atoms with E-state index in [1.807, 2.05) is 55.7 Å². The van der Waals surface area contributed by atoms with Crippen LogP contribution in [-0.4, -0.2) is 39.5 Å². The van der Waals surface area contributed by atoms with Gasteiger partial charge in [-0.1, -0.05) is 42.5 Å². The molecule has 0 spiro atoms. The van der Waals surface area contributed by atoms with Gasteiger partial charge in [-0.2, -0.15) is 5.10 Å². The summed E-state index contributed by atoms with van der Waals surface area (Å²) in [6, 6.07) is 13.8. The molecule has 2 aromatic carbocycles. The molecule has 1 fully saturated rings. The first-order valence-electron chi connectivity index (χ1n) is 9.59. The van der Waals surface area contributed by atoms with Gasteiger partial charge in [0, 0.05) is 49.5 Å². The summed E-state index contributed by atoms with van der Waals surface area (Å²) >= 11 is 0. The Morgan fingerprint density at radius 1 is 1.14 bits per heavy atom. The zero-order chi connectivity index (χ0) is 19.5. The Balaban J connectivity index is 1.49. The van der Waals surface area contributed by atoms with Crippen LogP contribution in [0.5, 0.6) is 0 Å². The predicted octanol–water partition coefficient (Wildman–Crippen LogP) is 3.71. The number of aryl methyl sites for hydroxylation is 1. The molecule has 0 saturated carbocycles. The smallest absolute Gasteiger partial charge is 0.246 e. The van der Waals surface area contributed by atoms with Gasteiger partial charge in [-0.15, -0.1) is 0 Å². The van der Waals surface area contributed by atoms with Crippen LogP contribution in [0.25, 0.3) is 16.8 Å². The molecule has 1 aliphatic rings. The van der Waals surface area contributed by atoms with Crippen molar-refractivity contribution in [2.45, 2.75) is 12.8 Å². The highest BCUT2D eigenvalue weighted by molar-refractivity contribution is 6.09. The third-order valence-corrected chi connectivity index (χ3v) is 5.30. The number of rotatable bonds is 4. The van der Waals surface area contributed by atoms with Crippen molar-refractivity contribution >= 4 is 28.5 Å². The molecule has 1 aromatic heterocycles. The summed E-state index contributed by atoms with van der Waals surface area (Å²) in [4.78, 5) is 27.6. The number of piperidine rings is 1. The maximum atomic E-state index is 13.2. The van der Waals surface area contributed by atoms with Gasteiger partial charge in [0.05, 0.1) is 6.20 Å². The second-order valence-corrected chi connectivity index (χ2v) is 7.30. The molecule has 1 atom stereocenters. The largest absolute Gasteiger partial charge is 0.338 e. The van der Waals surface area contributed by atoms with Crippen LogP contribution in [0.3, 0.4) is 0 Å². The number of aromatic nitrogens is 2. The van der Waals surface area contributed by atoms with Crippen molar-refractivity contribution in [1.29, 1.82) is 0 Å². The highest BCUT2D eigenvalue weighted by Crippen LogP contribution is 2.26. The minimum atomic E-state index is -0.157. The molecule has 1 saturated heterocycles. The molecule has 4 rings (SSSR count). The molecule has 5 nitrogen and oxygen atoms in total. The number of carbonyl (C=O) groups is 2. The number of hydrogen-bond acceptors (Lipinski definition) is 3. The maximum absolute atomic E-state index is 13.2. The van der Waals surface area contributed by atoms with Gasteiger partial charge in [0.15, 0.2) is 5.78 Å². The van der Waals surface area contributed by atoms with Crippen LogP contribution in [0, 0.1) is 5.92 Å². The Morgan fingerprint density at radius 2 is 1.96 bits per heavy atom. The van der Waals surface area contributed by atoms with Crippen LogP contribution < -0.4 is 0 Å². The molecule has 1 amide bonds. The molecule has 0 N–H and O–H groups in total. The maximum Gasteiger partial charge on any atom is 0.246 e. The summed E-state index contributed by atoms with van der Waals surface area (Å²) in [6.45, 7) is 1.16. The van der Waals surface area contributed by atoms with Crippen molar-refractivity contribution in [3.8, 4) is 0 Å². The van der Waals surface area contributed by atoms with E-state index < -0.39 is 0 Å². The Labute approximate surface area is 164 Å². The fourth-order valence-electron chi connectivity index (χ4n) is 3.85. The lowest BCUT2D eigenvalue weighted by atomic mass is 9.88. The average molecular weight is 373 g/mol. The van der Waals surface area contributed by atoms with Gasteiger partial charge in [0.2, 0.25) is 5.91 Å². The standard InChI is InChI=1S/C23H23N3O2/c1-25-15-17(14-24-25)11-12-22(27)26-13-5-8-19(16-26)23(28)21-10-4-7-18-6-2-3-9-20(18)21/h2-4,6-7,9-12,14-15,19H,5,8,13,16H2,1H3/b12-11+/t19-/m1/s1. The summed E-state index contributed by atoms with van der Waals surface area (Å²) in [5, 5.41) is 6.14. The van der Waals surface area contributed by atoms with E-state index in [-0.39, 0.29) is 17.6 Å². The second kappa shape index (κ2) is 7.80. The van der Waals surface area contributed by atoms with E-state index in [0.29, 0.717) is 13.1 Å². The van der Waals surface area contributed by atoms with E-state index in [1.54, 1.807) is 27.9 Å². The number of hydrogen-bond donors (Lipinski definition) is 0. The number of amides is 1. The first-order chi connectivity index (χ1) is 13.6. The number of ketones is 1. The SMILES string of the molecule is Cn1cc(/C=C/C(=O)N2CCC[C@@H](C(=O)c3cccc4ccccc34)C2)cn1. The molecule has 2 heterocycles. The monoisotopic (exact) mass is 373 g/mol. The minimum Gasteiger partial charge on any atom is -0.338 e. The highest BCUT2D eigenvalue weighted by Gasteiger charge is 2.29. The van der Waals surface area contributed by atoms with Crippen molar-refractivity contribution in [3.63, 3.8) is 0 Å². The second-order valence-electron chi connectivity index (χ2n) is 7.30. The quantitative estimate of drug-likeness (QED) is 0.517. The van der Waals surface area contributed by atoms with E-state index in [1.165, 1.54) is 0 Å². The lowest BCUT2D eigenvalue weighted by molar-refractivity contribution is -0.127. The van der Waals surface area contributed by atoms with Gasteiger partial charge in [0.25, 0.3) is 0 Å². The summed E-state index contributed by atoms with van der Waals surface area (Å²) < 4.78 is 1.70. The topological polar surface area (TPSA) is 55.2 Å². The van der Waals surface area contributed by atoms with Crippen molar-refractivity contribution < 1.29 is 9.59 Å². The molecular weight excluding hydrogens is 350 g/mol. The predicted molar refractivity (Wildman–Crippen MR) is 110 cm³/mol. The molecule has 0 unspecified atom stereocenters. The molecule has 28 heavy (non-hydrogen) atoms. The number of likely N-dealkylation sites (tertiary alicyclic amines) is 1. The van der Waals surface area contributed by atoms with Crippen LogP contribution in [0.2, 0.25) is 0 Å². The molecule has 5 heteroatoms. The first-order valence-corrected chi connectivity index (χ1v) is 9.59. The van der Waals surface area contributed by atoms with E-state index >= 15 is 0 Å². The molecule has 142 valence electrons. The summed E-state index contributed by atoms with van der Waals surface area (Å²) in [5.41, 5.74) is 1.64. The van der Waals surface area contributed by atoms with Crippen molar-refractivity contribution in [2.24, 2.45) is 13.0 Å². The minimum absolute atomic E-state index is 0.0562. The normalized spacial score (nSPS) is 17.3. The van der Waals surface area contributed by atoms with Crippen LogP contribution in [-0.2, 0) is 11.8 Å².